The van der Waals surface area contributed by atoms with Crippen LogP contribution < -0.4 is 10.1 Å². The average Bonchev–Trinajstić information content (AvgIpc) is 2.83. The second-order valence-electron chi connectivity index (χ2n) is 7.77. The van der Waals surface area contributed by atoms with Crippen LogP contribution in [0.4, 0.5) is 5.69 Å². The van der Waals surface area contributed by atoms with E-state index in [0.29, 0.717) is 18.0 Å². The standard InChI is InChI=1S/C28H20BrIN2O2/c1-18-6-10-24(11-7-18)32-28(33)23(16-31)13-20-14-25(29)27(26(30)15-20)34-17-19-8-9-21-4-2-3-5-22(21)12-19/h2-15H,17H2,1H3,(H,32,33)/b23-13+. The highest BCUT2D eigenvalue weighted by atomic mass is 127. The molecule has 0 saturated carbocycles. The Morgan fingerprint density at radius 2 is 1.79 bits per heavy atom. The first-order valence-electron chi connectivity index (χ1n) is 10.5. The maximum absolute atomic E-state index is 12.6. The molecule has 1 N–H and O–H groups in total. The molecule has 0 aliphatic carbocycles. The molecule has 0 aliphatic rings. The molecule has 6 heteroatoms. The van der Waals surface area contributed by atoms with Gasteiger partial charge in [-0.15, -0.1) is 0 Å². The van der Waals surface area contributed by atoms with Crippen LogP contribution in [-0.4, -0.2) is 5.91 Å². The number of aryl methyl sites for hydroxylation is 1. The van der Waals surface area contributed by atoms with E-state index in [1.807, 2.05) is 61.5 Å². The molecule has 0 saturated heterocycles. The van der Waals surface area contributed by atoms with Crippen LogP contribution in [0.2, 0.25) is 0 Å². The number of halogens is 2. The predicted octanol–water partition coefficient (Wildman–Crippen LogP) is 7.64. The number of hydrogen-bond acceptors (Lipinski definition) is 3. The molecule has 4 aromatic rings. The van der Waals surface area contributed by atoms with E-state index >= 15 is 0 Å². The number of amides is 1. The van der Waals surface area contributed by atoms with E-state index < -0.39 is 5.91 Å². The summed E-state index contributed by atoms with van der Waals surface area (Å²) in [7, 11) is 0. The minimum absolute atomic E-state index is 0.0214. The van der Waals surface area contributed by atoms with E-state index in [1.165, 1.54) is 10.8 Å². The van der Waals surface area contributed by atoms with E-state index in [1.54, 1.807) is 6.08 Å². The van der Waals surface area contributed by atoms with Crippen molar-refractivity contribution < 1.29 is 9.53 Å². The molecule has 0 aromatic heterocycles. The fourth-order valence-electron chi connectivity index (χ4n) is 3.44. The van der Waals surface area contributed by atoms with Gasteiger partial charge in [0.15, 0.2) is 0 Å². The lowest BCUT2D eigenvalue weighted by atomic mass is 10.1. The predicted molar refractivity (Wildman–Crippen MR) is 149 cm³/mol. The fraction of sp³-hybridized carbons (Fsp3) is 0.0714. The summed E-state index contributed by atoms with van der Waals surface area (Å²) in [5.41, 5.74) is 3.56. The third-order valence-electron chi connectivity index (χ3n) is 5.20. The highest BCUT2D eigenvalue weighted by Crippen LogP contribution is 2.33. The highest BCUT2D eigenvalue weighted by molar-refractivity contribution is 14.1. The molecule has 0 aliphatic heterocycles. The number of ether oxygens (including phenoxy) is 1. The molecule has 0 heterocycles. The number of fused-ring (bicyclic) bond motifs is 1. The second-order valence-corrected chi connectivity index (χ2v) is 9.79. The van der Waals surface area contributed by atoms with Gasteiger partial charge in [0.1, 0.15) is 24.0 Å². The van der Waals surface area contributed by atoms with Crippen LogP contribution in [0.3, 0.4) is 0 Å². The molecule has 0 unspecified atom stereocenters. The van der Waals surface area contributed by atoms with Crippen LogP contribution in [-0.2, 0) is 11.4 Å². The smallest absolute Gasteiger partial charge is 0.266 e. The van der Waals surface area contributed by atoms with E-state index in [2.05, 4.69) is 74.2 Å². The van der Waals surface area contributed by atoms with Gasteiger partial charge < -0.3 is 10.1 Å². The first-order valence-corrected chi connectivity index (χ1v) is 12.4. The summed E-state index contributed by atoms with van der Waals surface area (Å²) in [4.78, 5) is 12.6. The summed E-state index contributed by atoms with van der Waals surface area (Å²) >= 11 is 5.78. The monoisotopic (exact) mass is 622 g/mol. The maximum atomic E-state index is 12.6. The average molecular weight is 623 g/mol. The van der Waals surface area contributed by atoms with Gasteiger partial charge in [0.2, 0.25) is 0 Å². The van der Waals surface area contributed by atoms with Crippen LogP contribution in [0, 0.1) is 21.8 Å². The molecular formula is C28H20BrIN2O2. The van der Waals surface area contributed by atoms with Gasteiger partial charge in [-0.3, -0.25) is 4.79 Å². The normalized spacial score (nSPS) is 11.2. The second kappa shape index (κ2) is 10.9. The van der Waals surface area contributed by atoms with Gasteiger partial charge in [0.25, 0.3) is 5.91 Å². The van der Waals surface area contributed by atoms with Crippen molar-refractivity contribution in [2.24, 2.45) is 0 Å². The zero-order chi connectivity index (χ0) is 24.1. The number of anilines is 1. The molecule has 168 valence electrons. The summed E-state index contributed by atoms with van der Waals surface area (Å²) in [5.74, 6) is 0.266. The lowest BCUT2D eigenvalue weighted by Gasteiger charge is -2.12. The molecule has 4 nitrogen and oxygen atoms in total. The Balaban J connectivity index is 1.50. The van der Waals surface area contributed by atoms with Crippen molar-refractivity contribution in [1.29, 1.82) is 5.26 Å². The van der Waals surface area contributed by atoms with E-state index in [9.17, 15) is 10.1 Å². The van der Waals surface area contributed by atoms with Gasteiger partial charge in [-0.05, 0) is 104 Å². The van der Waals surface area contributed by atoms with Crippen molar-refractivity contribution in [2.75, 3.05) is 5.32 Å². The molecule has 1 amide bonds. The molecule has 0 radical (unpaired) electrons. The number of nitrogens with one attached hydrogen (secondary N) is 1. The summed E-state index contributed by atoms with van der Waals surface area (Å²) < 4.78 is 7.73. The van der Waals surface area contributed by atoms with Gasteiger partial charge >= 0.3 is 0 Å². The summed E-state index contributed by atoms with van der Waals surface area (Å²) in [6, 6.07) is 27.6. The van der Waals surface area contributed by atoms with Crippen molar-refractivity contribution in [3.05, 3.63) is 109 Å². The van der Waals surface area contributed by atoms with Gasteiger partial charge in [0, 0.05) is 5.69 Å². The van der Waals surface area contributed by atoms with Gasteiger partial charge in [-0.1, -0.05) is 54.1 Å². The third kappa shape index (κ3) is 5.85. The Hall–Kier alpha value is -3.15. The van der Waals surface area contributed by atoms with Crippen LogP contribution >= 0.6 is 38.5 Å². The van der Waals surface area contributed by atoms with Crippen molar-refractivity contribution in [3.8, 4) is 11.8 Å². The van der Waals surface area contributed by atoms with Crippen molar-refractivity contribution >= 4 is 67.0 Å². The lowest BCUT2D eigenvalue weighted by molar-refractivity contribution is -0.112. The Kier molecular flexibility index (Phi) is 7.66. The SMILES string of the molecule is Cc1ccc(NC(=O)/C(C#N)=C/c2cc(Br)c(OCc3ccc4ccccc4c3)c(I)c2)cc1. The number of carbonyl (C=O) groups is 1. The summed E-state index contributed by atoms with van der Waals surface area (Å²) in [6.45, 7) is 2.40. The molecular weight excluding hydrogens is 603 g/mol. The van der Waals surface area contributed by atoms with E-state index in [0.717, 1.165) is 24.7 Å². The Morgan fingerprint density at radius 3 is 2.50 bits per heavy atom. The molecule has 34 heavy (non-hydrogen) atoms. The van der Waals surface area contributed by atoms with Gasteiger partial charge in [-0.25, -0.2) is 0 Å². The third-order valence-corrected chi connectivity index (χ3v) is 6.59. The van der Waals surface area contributed by atoms with Crippen LogP contribution in [0.5, 0.6) is 5.75 Å². The minimum Gasteiger partial charge on any atom is -0.487 e. The van der Waals surface area contributed by atoms with Crippen LogP contribution in [0.15, 0.2) is 88.9 Å². The maximum Gasteiger partial charge on any atom is 0.266 e. The molecule has 0 atom stereocenters. The van der Waals surface area contributed by atoms with Crippen molar-refractivity contribution in [3.63, 3.8) is 0 Å². The van der Waals surface area contributed by atoms with Gasteiger partial charge in [0.05, 0.1) is 8.04 Å². The molecule has 0 bridgehead atoms. The first kappa shape index (κ1) is 24.0. The number of nitriles is 1. The lowest BCUT2D eigenvalue weighted by Crippen LogP contribution is -2.13. The minimum atomic E-state index is -0.450. The summed E-state index contributed by atoms with van der Waals surface area (Å²) in [5, 5.41) is 14.7. The quantitative estimate of drug-likeness (QED) is 0.137. The number of carbonyl (C=O) groups excluding carboxylic acids is 1. The van der Waals surface area contributed by atoms with Crippen molar-refractivity contribution in [2.45, 2.75) is 13.5 Å². The zero-order valence-corrected chi connectivity index (χ0v) is 22.1. The summed E-state index contributed by atoms with van der Waals surface area (Å²) in [6.07, 6.45) is 1.57. The number of rotatable bonds is 6. The largest absolute Gasteiger partial charge is 0.487 e. The van der Waals surface area contributed by atoms with Gasteiger partial charge in [-0.2, -0.15) is 5.26 Å². The molecule has 4 aromatic carbocycles. The van der Waals surface area contributed by atoms with E-state index in [-0.39, 0.29) is 5.57 Å². The van der Waals surface area contributed by atoms with Crippen LogP contribution in [0.25, 0.3) is 16.8 Å². The van der Waals surface area contributed by atoms with Crippen LogP contribution in [0.1, 0.15) is 16.7 Å². The topological polar surface area (TPSA) is 62.1 Å². The highest BCUT2D eigenvalue weighted by Gasteiger charge is 2.13. The van der Waals surface area contributed by atoms with Crippen molar-refractivity contribution in [1.82, 2.24) is 0 Å². The van der Waals surface area contributed by atoms with E-state index in [4.69, 9.17) is 4.74 Å². The molecule has 4 rings (SSSR count). The fourth-order valence-corrected chi connectivity index (χ4v) is 5.20. The first-order chi connectivity index (χ1) is 16.4. The molecule has 0 fully saturated rings. The number of hydrogen-bond donors (Lipinski definition) is 1. The number of nitrogens with zero attached hydrogens (tertiary/aromatic N) is 1. The number of benzene rings is 4. The molecule has 0 spiro atoms. The Labute approximate surface area is 220 Å². The zero-order valence-electron chi connectivity index (χ0n) is 18.3. The Morgan fingerprint density at radius 1 is 1.06 bits per heavy atom. The Bertz CT molecular complexity index is 1420.